The van der Waals surface area contributed by atoms with E-state index in [1.807, 2.05) is 32.9 Å². The fourth-order valence-corrected chi connectivity index (χ4v) is 1.98. The highest BCUT2D eigenvalue weighted by atomic mass is 16.2. The molecule has 0 unspecified atom stereocenters. The Morgan fingerprint density at radius 2 is 1.65 bits per heavy atom. The molecule has 2 amide bonds. The Morgan fingerprint density at radius 3 is 2.20 bits per heavy atom. The maximum absolute atomic E-state index is 11.8. The Kier molecular flexibility index (Phi) is 3.79. The molecule has 0 saturated heterocycles. The van der Waals surface area contributed by atoms with Crippen molar-refractivity contribution in [3.8, 4) is 0 Å². The van der Waals surface area contributed by atoms with Crippen molar-refractivity contribution >= 4 is 23.5 Å². The summed E-state index contributed by atoms with van der Waals surface area (Å²) in [6.07, 6.45) is 1.24. The molecule has 1 aromatic heterocycles. The Hall–Kier alpha value is -2.70. The van der Waals surface area contributed by atoms with Crippen molar-refractivity contribution < 1.29 is 9.59 Å². The van der Waals surface area contributed by atoms with E-state index >= 15 is 0 Å². The van der Waals surface area contributed by atoms with E-state index in [0.717, 1.165) is 16.7 Å². The van der Waals surface area contributed by atoms with Gasteiger partial charge in [0.1, 0.15) is 6.33 Å². The largest absolute Gasteiger partial charge is 0.317 e. The summed E-state index contributed by atoms with van der Waals surface area (Å²) >= 11 is 0. The quantitative estimate of drug-likeness (QED) is 0.718. The molecule has 20 heavy (non-hydrogen) atoms. The number of aromatic nitrogens is 3. The second-order valence-electron chi connectivity index (χ2n) is 4.52. The van der Waals surface area contributed by atoms with Crippen LogP contribution < -0.4 is 10.6 Å². The van der Waals surface area contributed by atoms with E-state index in [4.69, 9.17) is 0 Å². The molecule has 104 valence electrons. The van der Waals surface area contributed by atoms with Crippen molar-refractivity contribution in [1.29, 1.82) is 0 Å². The molecule has 0 spiro atoms. The van der Waals surface area contributed by atoms with Crippen LogP contribution in [0.1, 0.15) is 16.7 Å². The van der Waals surface area contributed by atoms with Gasteiger partial charge in [-0.1, -0.05) is 17.7 Å². The molecule has 2 aromatic rings. The van der Waals surface area contributed by atoms with Crippen LogP contribution in [0.4, 0.5) is 11.6 Å². The lowest BCUT2D eigenvalue weighted by Crippen LogP contribution is -2.30. The van der Waals surface area contributed by atoms with E-state index in [2.05, 4.69) is 25.8 Å². The van der Waals surface area contributed by atoms with Crippen molar-refractivity contribution in [2.24, 2.45) is 0 Å². The van der Waals surface area contributed by atoms with Crippen LogP contribution in [0.5, 0.6) is 0 Å². The van der Waals surface area contributed by atoms with Crippen molar-refractivity contribution in [3.63, 3.8) is 0 Å². The molecule has 0 atom stereocenters. The molecule has 0 saturated carbocycles. The summed E-state index contributed by atoms with van der Waals surface area (Å²) in [6.45, 7) is 5.73. The van der Waals surface area contributed by atoms with Crippen LogP contribution in [-0.2, 0) is 9.59 Å². The van der Waals surface area contributed by atoms with E-state index in [1.54, 1.807) is 0 Å². The number of carbonyl (C=O) groups excluding carboxylic acids is 2. The van der Waals surface area contributed by atoms with Gasteiger partial charge in [0, 0.05) is 5.69 Å². The predicted octanol–water partition coefficient (Wildman–Crippen LogP) is 1.31. The van der Waals surface area contributed by atoms with Gasteiger partial charge in [-0.05, 0) is 31.9 Å². The summed E-state index contributed by atoms with van der Waals surface area (Å²) in [5.74, 6) is -1.43. The molecule has 1 heterocycles. The van der Waals surface area contributed by atoms with Crippen molar-refractivity contribution in [2.75, 3.05) is 10.6 Å². The van der Waals surface area contributed by atoms with E-state index < -0.39 is 11.8 Å². The Balaban J connectivity index is 2.10. The third-order valence-corrected chi connectivity index (χ3v) is 2.77. The fourth-order valence-electron chi connectivity index (χ4n) is 1.98. The highest BCUT2D eigenvalue weighted by Crippen LogP contribution is 2.21. The zero-order valence-corrected chi connectivity index (χ0v) is 11.4. The number of amides is 2. The molecule has 7 heteroatoms. The van der Waals surface area contributed by atoms with Gasteiger partial charge in [-0.25, -0.2) is 5.10 Å². The number of hydrogen-bond donors (Lipinski definition) is 3. The zero-order valence-electron chi connectivity index (χ0n) is 11.4. The number of aryl methyl sites for hydroxylation is 3. The third kappa shape index (κ3) is 3.00. The standard InChI is InChI=1S/C13H15N5O2/c1-7-4-8(2)10(9(3)5-7)16-11(19)12(20)17-13-14-6-15-18-13/h4-6H,1-3H3,(H,16,19)(H2,14,15,17,18,20). The van der Waals surface area contributed by atoms with Gasteiger partial charge in [0.2, 0.25) is 5.95 Å². The van der Waals surface area contributed by atoms with E-state index in [9.17, 15) is 9.59 Å². The smallest absolute Gasteiger partial charge is 0.316 e. The minimum atomic E-state index is -0.805. The summed E-state index contributed by atoms with van der Waals surface area (Å²) < 4.78 is 0. The minimum absolute atomic E-state index is 0.127. The van der Waals surface area contributed by atoms with E-state index in [1.165, 1.54) is 6.33 Å². The summed E-state index contributed by atoms with van der Waals surface area (Å²) in [4.78, 5) is 27.2. The van der Waals surface area contributed by atoms with Crippen LogP contribution >= 0.6 is 0 Å². The van der Waals surface area contributed by atoms with Gasteiger partial charge in [0.25, 0.3) is 0 Å². The number of aromatic amines is 1. The Labute approximate surface area is 115 Å². The second kappa shape index (κ2) is 5.52. The molecule has 0 bridgehead atoms. The first-order valence-corrected chi connectivity index (χ1v) is 6.03. The van der Waals surface area contributed by atoms with Crippen LogP contribution in [0.25, 0.3) is 0 Å². The molecular weight excluding hydrogens is 258 g/mol. The van der Waals surface area contributed by atoms with Crippen LogP contribution in [0, 0.1) is 20.8 Å². The molecule has 0 fully saturated rings. The van der Waals surface area contributed by atoms with Gasteiger partial charge in [0.15, 0.2) is 0 Å². The predicted molar refractivity (Wildman–Crippen MR) is 74.3 cm³/mol. The minimum Gasteiger partial charge on any atom is -0.317 e. The highest BCUT2D eigenvalue weighted by Gasteiger charge is 2.17. The van der Waals surface area contributed by atoms with Gasteiger partial charge >= 0.3 is 11.8 Å². The van der Waals surface area contributed by atoms with Gasteiger partial charge in [-0.3, -0.25) is 14.9 Å². The van der Waals surface area contributed by atoms with Crippen molar-refractivity contribution in [1.82, 2.24) is 15.2 Å². The zero-order chi connectivity index (χ0) is 14.7. The topological polar surface area (TPSA) is 99.8 Å². The van der Waals surface area contributed by atoms with Crippen LogP contribution in [0.15, 0.2) is 18.5 Å². The molecule has 0 aliphatic carbocycles. The average Bonchev–Trinajstić information content (AvgIpc) is 2.86. The molecule has 7 nitrogen and oxygen atoms in total. The molecule has 2 rings (SSSR count). The summed E-state index contributed by atoms with van der Waals surface area (Å²) in [5, 5.41) is 10.9. The first-order chi connectivity index (χ1) is 9.47. The fraction of sp³-hybridized carbons (Fsp3) is 0.231. The summed E-state index contributed by atoms with van der Waals surface area (Å²) in [5.41, 5.74) is 3.56. The SMILES string of the molecule is Cc1cc(C)c(NC(=O)C(=O)Nc2ncn[nH]2)c(C)c1. The van der Waals surface area contributed by atoms with Gasteiger partial charge < -0.3 is 5.32 Å². The lowest BCUT2D eigenvalue weighted by molar-refractivity contribution is -0.133. The second-order valence-corrected chi connectivity index (χ2v) is 4.52. The van der Waals surface area contributed by atoms with Crippen molar-refractivity contribution in [3.05, 3.63) is 35.2 Å². The average molecular weight is 273 g/mol. The Bertz CT molecular complexity index is 626. The molecular formula is C13H15N5O2. The summed E-state index contributed by atoms with van der Waals surface area (Å²) in [7, 11) is 0. The number of carbonyl (C=O) groups is 2. The summed E-state index contributed by atoms with van der Waals surface area (Å²) in [6, 6.07) is 3.88. The van der Waals surface area contributed by atoms with Crippen LogP contribution in [0.2, 0.25) is 0 Å². The monoisotopic (exact) mass is 273 g/mol. The molecule has 0 radical (unpaired) electrons. The van der Waals surface area contributed by atoms with E-state index in [0.29, 0.717) is 5.69 Å². The third-order valence-electron chi connectivity index (χ3n) is 2.77. The van der Waals surface area contributed by atoms with Crippen LogP contribution in [0.3, 0.4) is 0 Å². The normalized spacial score (nSPS) is 10.2. The number of hydrogen-bond acceptors (Lipinski definition) is 4. The maximum atomic E-state index is 11.8. The van der Waals surface area contributed by atoms with Crippen LogP contribution in [-0.4, -0.2) is 27.0 Å². The number of H-pyrrole nitrogens is 1. The lowest BCUT2D eigenvalue weighted by atomic mass is 10.1. The molecule has 0 aliphatic heterocycles. The number of nitrogens with one attached hydrogen (secondary N) is 3. The van der Waals surface area contributed by atoms with E-state index in [-0.39, 0.29) is 5.95 Å². The van der Waals surface area contributed by atoms with Gasteiger partial charge in [0.05, 0.1) is 0 Å². The first kappa shape index (κ1) is 13.7. The van der Waals surface area contributed by atoms with Gasteiger partial charge in [-0.15, -0.1) is 0 Å². The highest BCUT2D eigenvalue weighted by molar-refractivity contribution is 6.43. The first-order valence-electron chi connectivity index (χ1n) is 6.03. The Morgan fingerprint density at radius 1 is 1.05 bits per heavy atom. The molecule has 0 aliphatic rings. The molecule has 3 N–H and O–H groups in total. The van der Waals surface area contributed by atoms with Crippen molar-refractivity contribution in [2.45, 2.75) is 20.8 Å². The molecule has 1 aromatic carbocycles. The lowest BCUT2D eigenvalue weighted by Gasteiger charge is -2.12. The number of rotatable bonds is 2. The number of anilines is 2. The maximum Gasteiger partial charge on any atom is 0.316 e. The number of nitrogens with zero attached hydrogens (tertiary/aromatic N) is 2. The van der Waals surface area contributed by atoms with Gasteiger partial charge in [-0.2, -0.15) is 10.1 Å². The number of benzene rings is 1.